The average Bonchev–Trinajstić information content (AvgIpc) is 2.81. The van der Waals surface area contributed by atoms with Gasteiger partial charge in [-0.15, -0.1) is 0 Å². The van der Waals surface area contributed by atoms with Crippen molar-refractivity contribution in [2.24, 2.45) is 39.9 Å². The Balaban J connectivity index is 1.77. The molecule has 2 heteroatoms. The molecular weight excluding hydrogens is 320 g/mol. The van der Waals surface area contributed by atoms with Crippen LogP contribution in [0.5, 0.6) is 0 Å². The van der Waals surface area contributed by atoms with Gasteiger partial charge < -0.3 is 5.11 Å². The Bertz CT molecular complexity index is 676. The molecular formula is C24H36O2. The van der Waals surface area contributed by atoms with Crippen LogP contribution in [-0.2, 0) is 4.79 Å². The van der Waals surface area contributed by atoms with Crippen LogP contribution in [0.3, 0.4) is 0 Å². The van der Waals surface area contributed by atoms with Crippen LogP contribution in [0.1, 0.15) is 73.1 Å². The molecule has 4 aliphatic rings. The number of Topliss-reactive ketones (excluding diaryl/α,β-unsaturated/α-hetero) is 1. The van der Waals surface area contributed by atoms with Crippen molar-refractivity contribution in [2.45, 2.75) is 79.2 Å². The summed E-state index contributed by atoms with van der Waals surface area (Å²) in [6.45, 7) is 11.2. The van der Waals surface area contributed by atoms with Crippen molar-refractivity contribution >= 4 is 5.78 Å². The molecule has 8 atom stereocenters. The second-order valence-corrected chi connectivity index (χ2v) is 10.4. The number of fused-ring (bicyclic) bond motifs is 5. The molecule has 0 saturated heterocycles. The number of allylic oxidation sites excluding steroid dienone is 4. The smallest absolute Gasteiger partial charge is 0.139 e. The molecule has 0 unspecified atom stereocenters. The van der Waals surface area contributed by atoms with Gasteiger partial charge in [0.1, 0.15) is 5.78 Å². The highest BCUT2D eigenvalue weighted by atomic mass is 16.3. The Kier molecular flexibility index (Phi) is 4.12. The van der Waals surface area contributed by atoms with E-state index in [-0.39, 0.29) is 22.3 Å². The van der Waals surface area contributed by atoms with Gasteiger partial charge in [-0.3, -0.25) is 4.79 Å². The molecule has 0 heterocycles. The lowest BCUT2D eigenvalue weighted by molar-refractivity contribution is -0.158. The van der Waals surface area contributed by atoms with Crippen molar-refractivity contribution in [3.63, 3.8) is 0 Å². The quantitative estimate of drug-likeness (QED) is 0.727. The SMILES string of the molecule is CCC(=O)[C@@]1(C)[C@H](C)C[C@H]2[C@@H]3CCC4=CC=CC[C@]4(C)[C@H]3[C@@H](O)C[C@@]21C. The minimum absolute atomic E-state index is 0.0673. The monoisotopic (exact) mass is 356 g/mol. The lowest BCUT2D eigenvalue weighted by atomic mass is 9.44. The molecule has 4 aliphatic carbocycles. The van der Waals surface area contributed by atoms with Crippen molar-refractivity contribution in [3.05, 3.63) is 23.8 Å². The predicted octanol–water partition coefficient (Wildman–Crippen LogP) is 5.32. The summed E-state index contributed by atoms with van der Waals surface area (Å²) in [5, 5.41) is 11.4. The highest BCUT2D eigenvalue weighted by Crippen LogP contribution is 2.71. The molecule has 2 nitrogen and oxygen atoms in total. The third kappa shape index (κ3) is 2.06. The van der Waals surface area contributed by atoms with E-state index in [9.17, 15) is 9.90 Å². The molecule has 0 radical (unpaired) electrons. The van der Waals surface area contributed by atoms with E-state index in [0.717, 1.165) is 25.7 Å². The van der Waals surface area contributed by atoms with Crippen molar-refractivity contribution in [3.8, 4) is 0 Å². The van der Waals surface area contributed by atoms with Crippen LogP contribution < -0.4 is 0 Å². The first kappa shape index (κ1) is 18.5. The van der Waals surface area contributed by atoms with Gasteiger partial charge in [-0.1, -0.05) is 58.4 Å². The van der Waals surface area contributed by atoms with Gasteiger partial charge in [-0.25, -0.2) is 0 Å². The molecule has 4 rings (SSSR count). The number of aliphatic hydroxyl groups excluding tert-OH is 1. The first-order chi connectivity index (χ1) is 12.2. The van der Waals surface area contributed by atoms with Crippen LogP contribution in [0.15, 0.2) is 23.8 Å². The summed E-state index contributed by atoms with van der Waals surface area (Å²) in [5.41, 5.74) is 1.29. The summed E-state index contributed by atoms with van der Waals surface area (Å²) in [4.78, 5) is 13.1. The Morgan fingerprint density at radius 2 is 2.04 bits per heavy atom. The van der Waals surface area contributed by atoms with E-state index in [4.69, 9.17) is 0 Å². The van der Waals surface area contributed by atoms with Crippen LogP contribution in [0, 0.1) is 39.9 Å². The minimum atomic E-state index is -0.296. The lowest BCUT2D eigenvalue weighted by Crippen LogP contribution is -2.58. The zero-order valence-electron chi connectivity index (χ0n) is 17.2. The number of carbonyl (C=O) groups excluding carboxylic acids is 1. The second kappa shape index (κ2) is 5.80. The van der Waals surface area contributed by atoms with Crippen LogP contribution in [0.4, 0.5) is 0 Å². The van der Waals surface area contributed by atoms with Gasteiger partial charge in [0.25, 0.3) is 0 Å². The maximum atomic E-state index is 13.1. The minimum Gasteiger partial charge on any atom is -0.393 e. The zero-order valence-corrected chi connectivity index (χ0v) is 17.2. The van der Waals surface area contributed by atoms with E-state index in [1.54, 1.807) is 5.57 Å². The fourth-order valence-electron chi connectivity index (χ4n) is 8.03. The van der Waals surface area contributed by atoms with Gasteiger partial charge in [0, 0.05) is 11.8 Å². The molecule has 26 heavy (non-hydrogen) atoms. The lowest BCUT2D eigenvalue weighted by Gasteiger charge is -2.60. The molecule has 0 aliphatic heterocycles. The topological polar surface area (TPSA) is 37.3 Å². The molecule has 1 N–H and O–H groups in total. The van der Waals surface area contributed by atoms with Crippen molar-refractivity contribution < 1.29 is 9.90 Å². The van der Waals surface area contributed by atoms with E-state index < -0.39 is 0 Å². The number of hydrogen-bond donors (Lipinski definition) is 1. The van der Waals surface area contributed by atoms with Crippen molar-refractivity contribution in [1.82, 2.24) is 0 Å². The van der Waals surface area contributed by atoms with E-state index in [1.807, 2.05) is 6.92 Å². The van der Waals surface area contributed by atoms with Gasteiger partial charge in [0.2, 0.25) is 0 Å². The Morgan fingerprint density at radius 3 is 2.73 bits per heavy atom. The van der Waals surface area contributed by atoms with Gasteiger partial charge >= 0.3 is 0 Å². The van der Waals surface area contributed by atoms with Crippen LogP contribution in [0.25, 0.3) is 0 Å². The molecule has 3 saturated carbocycles. The number of rotatable bonds is 2. The number of aliphatic hydroxyl groups is 1. The van der Waals surface area contributed by atoms with Gasteiger partial charge in [-0.05, 0) is 66.6 Å². The number of ketones is 1. The van der Waals surface area contributed by atoms with Crippen LogP contribution in [-0.4, -0.2) is 17.0 Å². The Morgan fingerprint density at radius 1 is 1.31 bits per heavy atom. The van der Waals surface area contributed by atoms with Gasteiger partial charge in [0.05, 0.1) is 6.10 Å². The molecule has 0 aromatic carbocycles. The first-order valence-electron chi connectivity index (χ1n) is 10.8. The van der Waals surface area contributed by atoms with Crippen molar-refractivity contribution in [1.29, 1.82) is 0 Å². The summed E-state index contributed by atoms with van der Waals surface area (Å²) in [7, 11) is 0. The zero-order chi connectivity index (χ0) is 18.9. The summed E-state index contributed by atoms with van der Waals surface area (Å²) < 4.78 is 0. The summed E-state index contributed by atoms with van der Waals surface area (Å²) in [5.74, 6) is 2.27. The van der Waals surface area contributed by atoms with Crippen molar-refractivity contribution in [2.75, 3.05) is 0 Å². The maximum Gasteiger partial charge on any atom is 0.139 e. The summed E-state index contributed by atoms with van der Waals surface area (Å²) >= 11 is 0. The molecule has 0 aromatic rings. The highest BCUT2D eigenvalue weighted by Gasteiger charge is 2.68. The van der Waals surface area contributed by atoms with Crippen LogP contribution >= 0.6 is 0 Å². The first-order valence-corrected chi connectivity index (χ1v) is 10.8. The molecule has 3 fully saturated rings. The maximum absolute atomic E-state index is 13.1. The predicted molar refractivity (Wildman–Crippen MR) is 106 cm³/mol. The van der Waals surface area contributed by atoms with E-state index in [2.05, 4.69) is 45.9 Å². The standard InChI is InChI=1S/C24H36O2/c1-6-20(26)24(5)15(2)13-18-17-11-10-16-9-7-8-12-22(16,3)21(17)19(25)14-23(18,24)4/h7-9,15,17-19,21,25H,6,10-14H2,1-5H3/t15-,17+,18+,19+,21-,22+,23+,24-/m1/s1. The normalized spacial score (nSPS) is 52.7. The van der Waals surface area contributed by atoms with E-state index in [1.165, 1.54) is 6.42 Å². The third-order valence-corrected chi connectivity index (χ3v) is 9.72. The molecule has 0 amide bonds. The fourth-order valence-corrected chi connectivity index (χ4v) is 8.03. The average molecular weight is 357 g/mol. The molecule has 144 valence electrons. The molecule has 0 aromatic heterocycles. The van der Waals surface area contributed by atoms with E-state index >= 15 is 0 Å². The molecule has 0 spiro atoms. The third-order valence-electron chi connectivity index (χ3n) is 9.72. The summed E-state index contributed by atoms with van der Waals surface area (Å²) in [6, 6.07) is 0. The van der Waals surface area contributed by atoms with Gasteiger partial charge in [-0.2, -0.15) is 0 Å². The fraction of sp³-hybridized carbons (Fsp3) is 0.792. The highest BCUT2D eigenvalue weighted by molar-refractivity contribution is 5.86. The van der Waals surface area contributed by atoms with Gasteiger partial charge in [0.15, 0.2) is 0 Å². The number of carbonyl (C=O) groups is 1. The second-order valence-electron chi connectivity index (χ2n) is 10.4. The largest absolute Gasteiger partial charge is 0.393 e. The Labute approximate surface area is 159 Å². The molecule has 0 bridgehead atoms. The Hall–Kier alpha value is -0.890. The number of hydrogen-bond acceptors (Lipinski definition) is 2. The van der Waals surface area contributed by atoms with Crippen LogP contribution in [0.2, 0.25) is 0 Å². The summed E-state index contributed by atoms with van der Waals surface area (Å²) in [6.07, 6.45) is 12.5. The van der Waals surface area contributed by atoms with E-state index in [0.29, 0.717) is 35.9 Å².